The lowest BCUT2D eigenvalue weighted by Gasteiger charge is -2.24. The monoisotopic (exact) mass is 673 g/mol. The maximum absolute atomic E-state index is 13.3. The van der Waals surface area contributed by atoms with Crippen molar-refractivity contribution in [2.75, 3.05) is 5.32 Å². The van der Waals surface area contributed by atoms with Gasteiger partial charge in [0.15, 0.2) is 0 Å². The van der Waals surface area contributed by atoms with E-state index in [1.54, 1.807) is 30.3 Å². The number of hydrogen-bond donors (Lipinski definition) is 2. The number of esters is 2. The lowest BCUT2D eigenvalue weighted by Crippen LogP contribution is -2.48. The third-order valence-corrected chi connectivity index (χ3v) is 6.27. The molecule has 48 heavy (non-hydrogen) atoms. The zero-order valence-electron chi connectivity index (χ0n) is 24.0. The first kappa shape index (κ1) is 34.8. The highest BCUT2D eigenvalue weighted by molar-refractivity contribution is 6.01. The van der Waals surface area contributed by atoms with E-state index in [1.165, 1.54) is 24.3 Å². The number of aliphatic carboxylic acids is 1. The number of hydrogen-bond acceptors (Lipinski definition) is 8. The molecule has 16 heteroatoms. The van der Waals surface area contributed by atoms with Crippen LogP contribution in [0.4, 0.5) is 43.4 Å². The third-order valence-electron chi connectivity index (χ3n) is 6.27. The summed E-state index contributed by atoms with van der Waals surface area (Å²) in [5, 5.41) is 20.1. The molecule has 0 aliphatic rings. The van der Waals surface area contributed by atoms with Crippen LogP contribution >= 0.6 is 0 Å². The fourth-order valence-corrected chi connectivity index (χ4v) is 3.94. The standard InChI is InChI=1S/C32H21F6N3O7/c33-31(34,35)20-8-4-6-18(16-20)29(45)47-25(26(28(43)44)48-30(46)19-7-5-9-21(17-19)32(36,37)38)27(42)39-22-12-14-24(15-13-22)41-40-23-10-2-1-3-11-23/h1-17,25-26H,(H,39,42)(H,43,44)/t25-,26-/m1/s1. The topological polar surface area (TPSA) is 144 Å². The molecule has 0 aromatic heterocycles. The first-order valence-corrected chi connectivity index (χ1v) is 13.5. The molecular weight excluding hydrogens is 652 g/mol. The van der Waals surface area contributed by atoms with Gasteiger partial charge in [0.25, 0.3) is 5.91 Å². The lowest BCUT2D eigenvalue weighted by atomic mass is 10.1. The minimum absolute atomic E-state index is 0.0212. The number of carboxylic acid groups (broad SMARTS) is 1. The van der Waals surface area contributed by atoms with Crippen molar-refractivity contribution in [2.45, 2.75) is 24.6 Å². The summed E-state index contributed by atoms with van der Waals surface area (Å²) in [6, 6.07) is 19.5. The van der Waals surface area contributed by atoms with Crippen molar-refractivity contribution in [1.82, 2.24) is 0 Å². The molecule has 0 saturated carbocycles. The molecule has 2 atom stereocenters. The second kappa shape index (κ2) is 14.6. The van der Waals surface area contributed by atoms with E-state index in [4.69, 9.17) is 9.47 Å². The smallest absolute Gasteiger partial charge is 0.416 e. The van der Waals surface area contributed by atoms with E-state index in [0.717, 1.165) is 24.3 Å². The van der Waals surface area contributed by atoms with Gasteiger partial charge in [-0.05, 0) is 72.8 Å². The Labute approximate surface area is 266 Å². The Morgan fingerprint density at radius 1 is 0.604 bits per heavy atom. The fraction of sp³-hybridized carbons (Fsp3) is 0.125. The Kier molecular flexibility index (Phi) is 10.6. The number of alkyl halides is 6. The van der Waals surface area contributed by atoms with Crippen molar-refractivity contribution in [2.24, 2.45) is 10.2 Å². The maximum atomic E-state index is 13.3. The summed E-state index contributed by atoms with van der Waals surface area (Å²) in [4.78, 5) is 51.2. The van der Waals surface area contributed by atoms with Crippen LogP contribution in [0, 0.1) is 0 Å². The number of amides is 1. The largest absolute Gasteiger partial charge is 0.478 e. The number of azo groups is 1. The number of nitrogens with one attached hydrogen (secondary N) is 1. The second-order valence-corrected chi connectivity index (χ2v) is 9.72. The van der Waals surface area contributed by atoms with Crippen LogP contribution in [0.25, 0.3) is 0 Å². The Bertz CT molecular complexity index is 1830. The SMILES string of the molecule is O=C(O[C@@H](C(=O)O)[C@@H](OC(=O)c1cccc(C(F)(F)F)c1)C(=O)Nc1ccc(N=Nc2ccccc2)cc1)c1cccc(C(F)(F)F)c1. The summed E-state index contributed by atoms with van der Waals surface area (Å²) in [6.07, 6.45) is -15.0. The lowest BCUT2D eigenvalue weighted by molar-refractivity contribution is -0.157. The van der Waals surface area contributed by atoms with E-state index < -0.39 is 70.6 Å². The summed E-state index contributed by atoms with van der Waals surface area (Å²) in [7, 11) is 0. The summed E-state index contributed by atoms with van der Waals surface area (Å²) in [6.45, 7) is 0. The summed E-state index contributed by atoms with van der Waals surface area (Å²) in [5.74, 6) is -6.75. The van der Waals surface area contributed by atoms with E-state index in [9.17, 15) is 50.6 Å². The zero-order valence-corrected chi connectivity index (χ0v) is 24.0. The molecule has 4 rings (SSSR count). The quantitative estimate of drug-likeness (QED) is 0.100. The Morgan fingerprint density at radius 3 is 1.52 bits per heavy atom. The van der Waals surface area contributed by atoms with Gasteiger partial charge in [-0.3, -0.25) is 4.79 Å². The van der Waals surface area contributed by atoms with Crippen LogP contribution in [-0.4, -0.2) is 41.1 Å². The Balaban J connectivity index is 1.62. The van der Waals surface area contributed by atoms with E-state index in [-0.39, 0.29) is 5.69 Å². The number of rotatable bonds is 10. The van der Waals surface area contributed by atoms with E-state index in [2.05, 4.69) is 15.5 Å². The number of carbonyl (C=O) groups is 4. The predicted molar refractivity (Wildman–Crippen MR) is 155 cm³/mol. The van der Waals surface area contributed by atoms with Crippen LogP contribution in [0.3, 0.4) is 0 Å². The van der Waals surface area contributed by atoms with Gasteiger partial charge in [-0.2, -0.15) is 36.6 Å². The molecule has 0 bridgehead atoms. The van der Waals surface area contributed by atoms with Gasteiger partial charge in [-0.25, -0.2) is 14.4 Å². The van der Waals surface area contributed by atoms with Gasteiger partial charge >= 0.3 is 30.3 Å². The second-order valence-electron chi connectivity index (χ2n) is 9.72. The Hall–Kier alpha value is -6.06. The van der Waals surface area contributed by atoms with Crippen LogP contribution in [0.2, 0.25) is 0 Å². The van der Waals surface area contributed by atoms with E-state index >= 15 is 0 Å². The van der Waals surface area contributed by atoms with Crippen LogP contribution in [-0.2, 0) is 31.4 Å². The molecule has 0 spiro atoms. The fourth-order valence-electron chi connectivity index (χ4n) is 3.94. The number of anilines is 1. The summed E-state index contributed by atoms with van der Waals surface area (Å²) < 4.78 is 89.1. The number of nitrogens with zero attached hydrogens (tertiary/aromatic N) is 2. The van der Waals surface area contributed by atoms with Gasteiger partial charge in [0.2, 0.25) is 12.2 Å². The van der Waals surface area contributed by atoms with Crippen molar-refractivity contribution >= 4 is 40.9 Å². The average Bonchev–Trinajstić information content (AvgIpc) is 3.05. The zero-order chi connectivity index (χ0) is 35.1. The molecule has 10 nitrogen and oxygen atoms in total. The van der Waals surface area contributed by atoms with Crippen molar-refractivity contribution in [1.29, 1.82) is 0 Å². The van der Waals surface area contributed by atoms with Gasteiger partial charge < -0.3 is 19.9 Å². The van der Waals surface area contributed by atoms with Gasteiger partial charge in [0.1, 0.15) is 0 Å². The Morgan fingerprint density at radius 2 is 1.06 bits per heavy atom. The number of benzene rings is 4. The normalized spacial score (nSPS) is 13.0. The molecule has 4 aromatic rings. The van der Waals surface area contributed by atoms with Crippen LogP contribution < -0.4 is 5.32 Å². The molecule has 2 N–H and O–H groups in total. The predicted octanol–water partition coefficient (Wildman–Crippen LogP) is 7.61. The average molecular weight is 674 g/mol. The van der Waals surface area contributed by atoms with E-state index in [1.807, 2.05) is 0 Å². The third kappa shape index (κ3) is 9.24. The highest BCUT2D eigenvalue weighted by Crippen LogP contribution is 2.31. The molecule has 0 aliphatic heterocycles. The van der Waals surface area contributed by atoms with Crippen molar-refractivity contribution in [3.63, 3.8) is 0 Å². The van der Waals surface area contributed by atoms with Crippen molar-refractivity contribution < 1.29 is 60.1 Å². The van der Waals surface area contributed by atoms with E-state index in [0.29, 0.717) is 35.6 Å². The molecule has 1 amide bonds. The molecule has 0 saturated heterocycles. The maximum Gasteiger partial charge on any atom is 0.416 e. The van der Waals surface area contributed by atoms with Gasteiger partial charge in [-0.15, -0.1) is 0 Å². The molecule has 0 unspecified atom stereocenters. The summed E-state index contributed by atoms with van der Waals surface area (Å²) in [5.41, 5.74) is -3.22. The highest BCUT2D eigenvalue weighted by atomic mass is 19.4. The first-order chi connectivity index (χ1) is 22.6. The van der Waals surface area contributed by atoms with Gasteiger partial charge in [0, 0.05) is 5.69 Å². The number of carboxylic acids is 1. The number of halogens is 6. The molecule has 0 heterocycles. The van der Waals surface area contributed by atoms with Crippen molar-refractivity contribution in [3.05, 3.63) is 125 Å². The molecule has 4 aromatic carbocycles. The highest BCUT2D eigenvalue weighted by Gasteiger charge is 2.42. The number of ether oxygens (including phenoxy) is 2. The van der Waals surface area contributed by atoms with Crippen LogP contribution in [0.1, 0.15) is 31.8 Å². The van der Waals surface area contributed by atoms with Crippen LogP contribution in [0.15, 0.2) is 113 Å². The first-order valence-electron chi connectivity index (χ1n) is 13.5. The van der Waals surface area contributed by atoms with Gasteiger partial charge in [0.05, 0.1) is 33.6 Å². The van der Waals surface area contributed by atoms with Crippen LogP contribution in [0.5, 0.6) is 0 Å². The summed E-state index contributed by atoms with van der Waals surface area (Å²) >= 11 is 0. The minimum atomic E-state index is -4.89. The molecule has 0 aliphatic carbocycles. The van der Waals surface area contributed by atoms with Crippen molar-refractivity contribution in [3.8, 4) is 0 Å². The molecule has 0 fully saturated rings. The molecule has 248 valence electrons. The van der Waals surface area contributed by atoms with Gasteiger partial charge in [-0.1, -0.05) is 30.3 Å². The minimum Gasteiger partial charge on any atom is -0.478 e. The molecule has 0 radical (unpaired) electrons. The molecular formula is C32H21F6N3O7. The number of carbonyl (C=O) groups excluding carboxylic acids is 3.